The van der Waals surface area contributed by atoms with Crippen LogP contribution < -0.4 is 0 Å². The lowest BCUT2D eigenvalue weighted by molar-refractivity contribution is 0.0971. The first-order valence-corrected chi connectivity index (χ1v) is 4.26. The number of nitrogens with zero attached hydrogens (tertiary/aromatic N) is 1. The van der Waals surface area contributed by atoms with Crippen molar-refractivity contribution >= 4 is 18.2 Å². The maximum absolute atomic E-state index is 11.4. The van der Waals surface area contributed by atoms with Crippen molar-refractivity contribution in [1.29, 1.82) is 0 Å². The van der Waals surface area contributed by atoms with E-state index in [0.717, 1.165) is 29.7 Å². The van der Waals surface area contributed by atoms with Crippen molar-refractivity contribution in [1.82, 2.24) is 4.98 Å². The molecule has 2 rings (SSSR count). The van der Waals surface area contributed by atoms with Crippen molar-refractivity contribution in [3.63, 3.8) is 0 Å². The lowest BCUT2D eigenvalue weighted by atomic mass is 9.94. The van der Waals surface area contributed by atoms with Gasteiger partial charge < -0.3 is 0 Å². The van der Waals surface area contributed by atoms with Gasteiger partial charge in [-0.05, 0) is 31.4 Å². The van der Waals surface area contributed by atoms with E-state index in [4.69, 9.17) is 0 Å². The molecule has 1 aromatic rings. The normalized spacial score (nSPS) is 14.7. The molecule has 2 nitrogen and oxygen atoms in total. The minimum absolute atomic E-state index is 0. The van der Waals surface area contributed by atoms with Crippen molar-refractivity contribution in [3.05, 3.63) is 29.1 Å². The van der Waals surface area contributed by atoms with E-state index in [-0.39, 0.29) is 18.2 Å². The fraction of sp³-hybridized carbons (Fsp3) is 0.400. The van der Waals surface area contributed by atoms with Crippen molar-refractivity contribution in [2.75, 3.05) is 0 Å². The molecule has 0 amide bonds. The zero-order valence-corrected chi connectivity index (χ0v) is 8.36. The Kier molecular flexibility index (Phi) is 3.04. The summed E-state index contributed by atoms with van der Waals surface area (Å²) >= 11 is 0. The monoisotopic (exact) mass is 197 g/mol. The molecule has 0 aromatic carbocycles. The molecule has 0 fully saturated rings. The second kappa shape index (κ2) is 3.88. The SMILES string of the molecule is Cc1cnc2c(c1)C(=O)CCC2.Cl. The maximum atomic E-state index is 11.4. The van der Waals surface area contributed by atoms with Gasteiger partial charge in [0.05, 0.1) is 5.69 Å². The van der Waals surface area contributed by atoms with Gasteiger partial charge in [0.15, 0.2) is 5.78 Å². The Morgan fingerprint density at radius 2 is 2.15 bits per heavy atom. The van der Waals surface area contributed by atoms with Gasteiger partial charge in [0.25, 0.3) is 0 Å². The molecule has 0 saturated carbocycles. The first kappa shape index (κ1) is 10.2. The molecule has 0 aliphatic heterocycles. The molecule has 0 atom stereocenters. The number of aromatic nitrogens is 1. The third kappa shape index (κ3) is 1.89. The molecule has 1 heterocycles. The summed E-state index contributed by atoms with van der Waals surface area (Å²) in [5, 5.41) is 0. The van der Waals surface area contributed by atoms with Gasteiger partial charge in [0, 0.05) is 18.2 Å². The number of Topliss-reactive ketones (excluding diaryl/α,β-unsaturated/α-hetero) is 1. The predicted octanol–water partition coefficient (Wildman–Crippen LogP) is 2.33. The Labute approximate surface area is 83.8 Å². The molecule has 1 aliphatic rings. The number of carbonyl (C=O) groups is 1. The van der Waals surface area contributed by atoms with E-state index in [0.29, 0.717) is 6.42 Å². The molecule has 70 valence electrons. The van der Waals surface area contributed by atoms with Crippen LogP contribution in [0.3, 0.4) is 0 Å². The van der Waals surface area contributed by atoms with Gasteiger partial charge in [0.2, 0.25) is 0 Å². The summed E-state index contributed by atoms with van der Waals surface area (Å²) in [6.07, 6.45) is 4.44. The third-order valence-corrected chi connectivity index (χ3v) is 2.22. The van der Waals surface area contributed by atoms with Crippen LogP contribution in [0.15, 0.2) is 12.3 Å². The van der Waals surface area contributed by atoms with Crippen LogP contribution in [0.1, 0.15) is 34.5 Å². The summed E-state index contributed by atoms with van der Waals surface area (Å²) in [6.45, 7) is 1.97. The van der Waals surface area contributed by atoms with Gasteiger partial charge in [-0.15, -0.1) is 12.4 Å². The Bertz CT molecular complexity index is 336. The molecule has 13 heavy (non-hydrogen) atoms. The van der Waals surface area contributed by atoms with Gasteiger partial charge in [-0.25, -0.2) is 0 Å². The second-order valence-corrected chi connectivity index (χ2v) is 3.28. The standard InChI is InChI=1S/C10H11NO.ClH/c1-7-5-8-9(11-6-7)3-2-4-10(8)12;/h5-6H,2-4H2,1H3;1H. The Morgan fingerprint density at radius 3 is 2.92 bits per heavy atom. The van der Waals surface area contributed by atoms with Crippen LogP contribution in [-0.2, 0) is 6.42 Å². The first-order chi connectivity index (χ1) is 5.77. The molecule has 0 N–H and O–H groups in total. The van der Waals surface area contributed by atoms with E-state index in [2.05, 4.69) is 4.98 Å². The van der Waals surface area contributed by atoms with Crippen LogP contribution in [0.2, 0.25) is 0 Å². The fourth-order valence-electron chi connectivity index (χ4n) is 1.59. The predicted molar refractivity (Wildman–Crippen MR) is 53.5 cm³/mol. The van der Waals surface area contributed by atoms with Gasteiger partial charge in [-0.3, -0.25) is 9.78 Å². The van der Waals surface area contributed by atoms with Gasteiger partial charge in [0.1, 0.15) is 0 Å². The van der Waals surface area contributed by atoms with Crippen LogP contribution in [0.4, 0.5) is 0 Å². The van der Waals surface area contributed by atoms with Crippen molar-refractivity contribution in [3.8, 4) is 0 Å². The Morgan fingerprint density at radius 1 is 1.38 bits per heavy atom. The van der Waals surface area contributed by atoms with Crippen LogP contribution in [0.5, 0.6) is 0 Å². The molecule has 0 unspecified atom stereocenters. The smallest absolute Gasteiger partial charge is 0.164 e. The molecule has 1 aliphatic carbocycles. The highest BCUT2D eigenvalue weighted by Gasteiger charge is 2.17. The van der Waals surface area contributed by atoms with Gasteiger partial charge in [-0.1, -0.05) is 0 Å². The van der Waals surface area contributed by atoms with E-state index in [1.54, 1.807) is 0 Å². The summed E-state index contributed by atoms with van der Waals surface area (Å²) in [4.78, 5) is 15.6. The number of aryl methyl sites for hydroxylation is 2. The quantitative estimate of drug-likeness (QED) is 0.639. The number of ketones is 1. The molecular formula is C10H12ClNO. The van der Waals surface area contributed by atoms with Crippen LogP contribution >= 0.6 is 12.4 Å². The molecule has 0 saturated heterocycles. The molecule has 0 spiro atoms. The zero-order chi connectivity index (χ0) is 8.55. The summed E-state index contributed by atoms with van der Waals surface area (Å²) < 4.78 is 0. The second-order valence-electron chi connectivity index (χ2n) is 3.28. The van der Waals surface area contributed by atoms with Crippen LogP contribution in [0, 0.1) is 6.92 Å². The number of pyridine rings is 1. The maximum Gasteiger partial charge on any atom is 0.164 e. The van der Waals surface area contributed by atoms with E-state index in [1.807, 2.05) is 19.2 Å². The minimum Gasteiger partial charge on any atom is -0.294 e. The van der Waals surface area contributed by atoms with E-state index in [1.165, 1.54) is 0 Å². The van der Waals surface area contributed by atoms with E-state index >= 15 is 0 Å². The Hall–Kier alpha value is -0.890. The number of hydrogen-bond donors (Lipinski definition) is 0. The van der Waals surface area contributed by atoms with Gasteiger partial charge in [-0.2, -0.15) is 0 Å². The van der Waals surface area contributed by atoms with E-state index in [9.17, 15) is 4.79 Å². The average molecular weight is 198 g/mol. The number of rotatable bonds is 0. The van der Waals surface area contributed by atoms with Crippen LogP contribution in [0.25, 0.3) is 0 Å². The van der Waals surface area contributed by atoms with Crippen molar-refractivity contribution in [2.45, 2.75) is 26.2 Å². The molecular weight excluding hydrogens is 186 g/mol. The largest absolute Gasteiger partial charge is 0.294 e. The molecule has 3 heteroatoms. The Balaban J connectivity index is 0.000000845. The van der Waals surface area contributed by atoms with Crippen molar-refractivity contribution < 1.29 is 4.79 Å². The zero-order valence-electron chi connectivity index (χ0n) is 7.54. The summed E-state index contributed by atoms with van der Waals surface area (Å²) in [6, 6.07) is 1.95. The summed E-state index contributed by atoms with van der Waals surface area (Å²) in [5.41, 5.74) is 2.90. The summed E-state index contributed by atoms with van der Waals surface area (Å²) in [5.74, 6) is 0.257. The number of halogens is 1. The topological polar surface area (TPSA) is 30.0 Å². The fourth-order valence-corrected chi connectivity index (χ4v) is 1.59. The molecule has 0 bridgehead atoms. The van der Waals surface area contributed by atoms with Crippen LogP contribution in [-0.4, -0.2) is 10.8 Å². The minimum atomic E-state index is 0. The van der Waals surface area contributed by atoms with Gasteiger partial charge >= 0.3 is 0 Å². The summed E-state index contributed by atoms with van der Waals surface area (Å²) in [7, 11) is 0. The van der Waals surface area contributed by atoms with E-state index < -0.39 is 0 Å². The molecule has 1 aromatic heterocycles. The number of carbonyl (C=O) groups excluding carboxylic acids is 1. The highest BCUT2D eigenvalue weighted by Crippen LogP contribution is 2.19. The first-order valence-electron chi connectivity index (χ1n) is 4.26. The molecule has 0 radical (unpaired) electrons. The average Bonchev–Trinajstić information content (AvgIpc) is 2.07. The highest BCUT2D eigenvalue weighted by molar-refractivity contribution is 5.98. The highest BCUT2D eigenvalue weighted by atomic mass is 35.5. The number of hydrogen-bond acceptors (Lipinski definition) is 2. The third-order valence-electron chi connectivity index (χ3n) is 2.22. The van der Waals surface area contributed by atoms with Crippen molar-refractivity contribution in [2.24, 2.45) is 0 Å². The lowest BCUT2D eigenvalue weighted by Crippen LogP contribution is -2.12. The lowest BCUT2D eigenvalue weighted by Gasteiger charge is -2.13. The number of fused-ring (bicyclic) bond motifs is 1.